The first kappa shape index (κ1) is 38.9. The smallest absolute Gasteiger partial charge is 0.143 e. The molecule has 1 aliphatic rings. The summed E-state index contributed by atoms with van der Waals surface area (Å²) in [4.78, 5) is 5.96. The summed E-state index contributed by atoms with van der Waals surface area (Å²) < 4.78 is 13.3. The zero-order valence-corrected chi connectivity index (χ0v) is 36.6. The summed E-state index contributed by atoms with van der Waals surface area (Å²) in [6.45, 7) is 4.68. The average molecular weight is 838 g/mol. The van der Waals surface area contributed by atoms with Gasteiger partial charge in [-0.2, -0.15) is 0 Å². The third-order valence-corrected chi connectivity index (χ3v) is 13.8. The topological polar surface area (TPSA) is 38.6 Å². The minimum atomic E-state index is -0.115. The molecule has 0 amide bonds. The molecule has 0 saturated carbocycles. The molecule has 3 heteroatoms. The second-order valence-corrected chi connectivity index (χ2v) is 17.6. The quantitative estimate of drug-likeness (QED) is 0.160. The number of benzene rings is 9. The van der Waals surface area contributed by atoms with Gasteiger partial charge in [0.2, 0.25) is 0 Å². The molecule has 312 valence electrons. The largest absolute Gasteiger partial charge is 0.456 e. The van der Waals surface area contributed by atoms with Crippen LogP contribution in [-0.4, -0.2) is 5.71 Å². The fourth-order valence-electron chi connectivity index (χ4n) is 10.7. The van der Waals surface area contributed by atoms with Crippen molar-refractivity contribution >= 4 is 65.9 Å². The van der Waals surface area contributed by atoms with E-state index >= 15 is 0 Å². The molecule has 0 N–H and O–H groups in total. The van der Waals surface area contributed by atoms with Crippen molar-refractivity contribution in [3.8, 4) is 33.4 Å². The van der Waals surface area contributed by atoms with E-state index in [1.807, 2.05) is 0 Å². The van der Waals surface area contributed by atoms with E-state index in [0.29, 0.717) is 5.92 Å². The Bertz CT molecular complexity index is 3640. The van der Waals surface area contributed by atoms with E-state index in [4.69, 9.17) is 13.8 Å². The summed E-state index contributed by atoms with van der Waals surface area (Å²) in [5.74, 6) is 0.291. The van der Waals surface area contributed by atoms with Crippen molar-refractivity contribution in [1.29, 1.82) is 0 Å². The molecule has 0 radical (unpaired) electrons. The fourth-order valence-corrected chi connectivity index (χ4v) is 10.7. The predicted molar refractivity (Wildman–Crippen MR) is 273 cm³/mol. The van der Waals surface area contributed by atoms with Gasteiger partial charge in [-0.3, -0.25) is 4.99 Å². The minimum absolute atomic E-state index is 0.115. The van der Waals surface area contributed by atoms with Crippen LogP contribution in [0.15, 0.2) is 220 Å². The van der Waals surface area contributed by atoms with Crippen LogP contribution in [0.25, 0.3) is 93.6 Å². The summed E-state index contributed by atoms with van der Waals surface area (Å²) in [5.41, 5.74) is 18.1. The van der Waals surface area contributed by atoms with Crippen LogP contribution in [0, 0.1) is 5.92 Å². The highest BCUT2D eigenvalue weighted by atomic mass is 16.3. The van der Waals surface area contributed by atoms with Gasteiger partial charge in [0, 0.05) is 39.2 Å². The number of allylic oxidation sites excluding steroid dienone is 2. The van der Waals surface area contributed by atoms with E-state index < -0.39 is 0 Å². The predicted octanol–water partition coefficient (Wildman–Crippen LogP) is 17.5. The van der Waals surface area contributed by atoms with Gasteiger partial charge in [0.25, 0.3) is 0 Å². The Balaban J connectivity index is 1.08. The van der Waals surface area contributed by atoms with E-state index in [1.165, 1.54) is 49.7 Å². The van der Waals surface area contributed by atoms with Gasteiger partial charge in [-0.1, -0.05) is 176 Å². The van der Waals surface area contributed by atoms with Gasteiger partial charge >= 0.3 is 0 Å². The van der Waals surface area contributed by atoms with Gasteiger partial charge in [0.05, 0.1) is 6.04 Å². The molecule has 2 atom stereocenters. The van der Waals surface area contributed by atoms with E-state index in [9.17, 15) is 0 Å². The second kappa shape index (κ2) is 16.1. The van der Waals surface area contributed by atoms with Crippen LogP contribution >= 0.6 is 0 Å². The van der Waals surface area contributed by atoms with Crippen LogP contribution in [0.4, 0.5) is 0 Å². The molecule has 65 heavy (non-hydrogen) atoms. The van der Waals surface area contributed by atoms with Gasteiger partial charge in [-0.25, -0.2) is 0 Å². The Morgan fingerprint density at radius 2 is 1.08 bits per heavy atom. The van der Waals surface area contributed by atoms with Crippen molar-refractivity contribution in [2.24, 2.45) is 10.9 Å². The first-order valence-electron chi connectivity index (χ1n) is 22.9. The Hall–Kier alpha value is -7.75. The molecular weight excluding hydrogens is 791 g/mol. The molecule has 0 saturated heterocycles. The molecule has 0 spiro atoms. The number of aliphatic imine (C=N–C) groups is 1. The van der Waals surface area contributed by atoms with E-state index in [1.54, 1.807) is 0 Å². The van der Waals surface area contributed by atoms with Crippen LogP contribution < -0.4 is 0 Å². The number of nitrogens with zero attached hydrogens (tertiary/aromatic N) is 1. The lowest BCUT2D eigenvalue weighted by molar-refractivity contribution is 0.514. The molecule has 2 unspecified atom stereocenters. The van der Waals surface area contributed by atoms with E-state index in [-0.39, 0.29) is 6.04 Å². The van der Waals surface area contributed by atoms with Crippen molar-refractivity contribution in [2.45, 2.75) is 39.2 Å². The maximum Gasteiger partial charge on any atom is 0.143 e. The number of rotatable bonds is 7. The van der Waals surface area contributed by atoms with Crippen LogP contribution in [0.3, 0.4) is 0 Å². The van der Waals surface area contributed by atoms with E-state index in [0.717, 1.165) is 91.1 Å². The van der Waals surface area contributed by atoms with Crippen LogP contribution in [-0.2, 0) is 0 Å². The Kier molecular flexibility index (Phi) is 9.64. The Labute approximate surface area is 379 Å². The lowest BCUT2D eigenvalue weighted by atomic mass is 9.78. The highest BCUT2D eigenvalue weighted by Gasteiger charge is 2.29. The van der Waals surface area contributed by atoms with Gasteiger partial charge in [0.1, 0.15) is 22.3 Å². The van der Waals surface area contributed by atoms with E-state index in [2.05, 4.69) is 214 Å². The molecule has 11 aromatic rings. The summed E-state index contributed by atoms with van der Waals surface area (Å²) in [7, 11) is 0. The highest BCUT2D eigenvalue weighted by Crippen LogP contribution is 2.47. The van der Waals surface area contributed by atoms with Crippen LogP contribution in [0.5, 0.6) is 0 Å². The third kappa shape index (κ3) is 6.78. The normalized spacial score (nSPS) is 17.7. The number of hydrogen-bond donors (Lipinski definition) is 0. The van der Waals surface area contributed by atoms with Crippen LogP contribution in [0.2, 0.25) is 0 Å². The lowest BCUT2D eigenvalue weighted by Crippen LogP contribution is -2.17. The average Bonchev–Trinajstić information content (AvgIpc) is 3.95. The lowest BCUT2D eigenvalue weighted by Gasteiger charge is -2.30. The first-order chi connectivity index (χ1) is 32.1. The SMILES string of the molecule is CCC1CC(c2cccc3oc4ccccc4c23)/N=C(/c2cc(-c3ccc(-c4ccccc4)c4oc5ccccc5c34)c3ccccc3c2)C/C(C)=C/1c1ccc(-c2ccccc2)cc1. The molecular formula is C62H47NO2. The highest BCUT2D eigenvalue weighted by molar-refractivity contribution is 6.19. The standard InChI is InChI=1S/C62H47NO2/c1-3-40-38-55(50-25-16-28-58-60(50)51-23-12-14-26-56(51)64-58)63-54(35-39(2)59(40)44-31-29-42(30-32-44)41-17-6-4-7-18-41)46-36-45-21-10-11-22-47(45)53(37-46)49-34-33-48(43-19-8-5-9-20-43)62-61(49)52-24-13-15-27-57(52)65-62/h4-34,36-37,40,55H,3,35,38H2,1-2H3/b59-39-,63-54+. The molecule has 1 aliphatic heterocycles. The molecule has 3 nitrogen and oxygen atoms in total. The summed E-state index contributed by atoms with van der Waals surface area (Å²) in [5, 5.41) is 6.92. The maximum atomic E-state index is 6.79. The molecule has 12 rings (SSSR count). The van der Waals surface area contributed by atoms with Gasteiger partial charge in [0.15, 0.2) is 0 Å². The molecule has 3 heterocycles. The molecule has 9 aromatic carbocycles. The number of para-hydroxylation sites is 2. The monoisotopic (exact) mass is 837 g/mol. The minimum Gasteiger partial charge on any atom is -0.456 e. The summed E-state index contributed by atoms with van der Waals surface area (Å²) in [6, 6.07) is 72.0. The molecule has 2 aromatic heterocycles. The van der Waals surface area contributed by atoms with Crippen molar-refractivity contribution in [2.75, 3.05) is 0 Å². The van der Waals surface area contributed by atoms with Crippen molar-refractivity contribution in [3.05, 3.63) is 222 Å². The fraction of sp³-hybridized carbons (Fsp3) is 0.113. The molecule has 0 bridgehead atoms. The second-order valence-electron chi connectivity index (χ2n) is 17.6. The maximum absolute atomic E-state index is 6.79. The zero-order valence-electron chi connectivity index (χ0n) is 36.6. The summed E-state index contributed by atoms with van der Waals surface area (Å²) in [6.07, 6.45) is 2.60. The van der Waals surface area contributed by atoms with Crippen LogP contribution in [0.1, 0.15) is 55.8 Å². The summed E-state index contributed by atoms with van der Waals surface area (Å²) >= 11 is 0. The third-order valence-electron chi connectivity index (χ3n) is 13.8. The molecule has 0 aliphatic carbocycles. The first-order valence-corrected chi connectivity index (χ1v) is 22.9. The number of furan rings is 2. The van der Waals surface area contributed by atoms with Crippen molar-refractivity contribution in [1.82, 2.24) is 0 Å². The van der Waals surface area contributed by atoms with Gasteiger partial charge < -0.3 is 8.83 Å². The van der Waals surface area contributed by atoms with Crippen molar-refractivity contribution < 1.29 is 8.83 Å². The Morgan fingerprint density at radius 1 is 0.477 bits per heavy atom. The Morgan fingerprint density at radius 3 is 1.83 bits per heavy atom. The number of fused-ring (bicyclic) bond motifs is 7. The zero-order chi connectivity index (χ0) is 43.4. The van der Waals surface area contributed by atoms with Crippen molar-refractivity contribution in [3.63, 3.8) is 0 Å². The van der Waals surface area contributed by atoms with Gasteiger partial charge in [-0.05, 0) is 123 Å². The molecule has 0 fully saturated rings. The number of hydrogen-bond acceptors (Lipinski definition) is 3. The van der Waals surface area contributed by atoms with Gasteiger partial charge in [-0.15, -0.1) is 0 Å².